The van der Waals surface area contributed by atoms with Crippen LogP contribution in [0.1, 0.15) is 62.3 Å². The summed E-state index contributed by atoms with van der Waals surface area (Å²) in [7, 11) is -3.44. The topological polar surface area (TPSA) is 101 Å². The first kappa shape index (κ1) is 26.9. The molecule has 2 aromatic carbocycles. The predicted octanol–water partition coefficient (Wildman–Crippen LogP) is 5.22. The van der Waals surface area contributed by atoms with Gasteiger partial charge in [-0.1, -0.05) is 60.8 Å². The van der Waals surface area contributed by atoms with E-state index in [0.29, 0.717) is 40.4 Å². The molecule has 0 aromatic heterocycles. The molecule has 0 bridgehead atoms. The van der Waals surface area contributed by atoms with E-state index < -0.39 is 57.7 Å². The Labute approximate surface area is 221 Å². The molecule has 2 aliphatic rings. The molecule has 1 saturated carbocycles. The van der Waals surface area contributed by atoms with Gasteiger partial charge in [-0.25, -0.2) is 8.42 Å². The number of carboxylic acids is 1. The van der Waals surface area contributed by atoms with Crippen molar-refractivity contribution in [2.24, 2.45) is 0 Å². The molecular weight excluding hydrogens is 525 g/mol. The minimum absolute atomic E-state index is 0.188. The van der Waals surface area contributed by atoms with Crippen LogP contribution < -0.4 is 0 Å². The third-order valence-electron chi connectivity index (χ3n) is 7.03. The minimum atomic E-state index is -3.44. The fourth-order valence-electron chi connectivity index (χ4n) is 4.93. The van der Waals surface area contributed by atoms with E-state index >= 15 is 0 Å². The van der Waals surface area contributed by atoms with Crippen molar-refractivity contribution in [2.45, 2.75) is 68.6 Å². The number of sulfone groups is 1. The summed E-state index contributed by atoms with van der Waals surface area (Å²) in [6.45, 7) is 1.84. The Morgan fingerprint density at radius 1 is 1.11 bits per heavy atom. The Bertz CT molecular complexity index is 1220. The lowest BCUT2D eigenvalue weighted by atomic mass is 9.89. The van der Waals surface area contributed by atoms with Crippen LogP contribution in [0, 0.1) is 0 Å². The molecule has 194 valence electrons. The van der Waals surface area contributed by atoms with E-state index in [0.717, 1.165) is 6.42 Å². The molecule has 1 amide bonds. The van der Waals surface area contributed by atoms with Gasteiger partial charge in [0.1, 0.15) is 12.2 Å². The summed E-state index contributed by atoms with van der Waals surface area (Å²) in [5, 5.41) is 10.1. The van der Waals surface area contributed by atoms with E-state index in [4.69, 9.17) is 27.9 Å². The van der Waals surface area contributed by atoms with Gasteiger partial charge in [-0.2, -0.15) is 0 Å². The normalized spacial score (nSPS) is 23.8. The standard InChI is InChI=1S/C26H29Cl2NO6S/c1-2-20(15-36(33,34)21-7-4-8-21)29-24(16-9-11-18(27)12-10-16)25(17-5-3-6-19(28)13-17)35-22(26(29)32)14-23(30)31/h3,5-6,9-13,20-22,24-25H,2,4,7-8,14-15H2,1H3,(H,30,31)/t20-,22?,24?,25+/m0/s1. The molecule has 36 heavy (non-hydrogen) atoms. The third kappa shape index (κ3) is 5.72. The van der Waals surface area contributed by atoms with Gasteiger partial charge in [-0.05, 0) is 54.7 Å². The molecule has 0 spiro atoms. The molecule has 1 aliphatic heterocycles. The molecular formula is C26H29Cl2NO6S. The largest absolute Gasteiger partial charge is 0.481 e. The van der Waals surface area contributed by atoms with E-state index in [9.17, 15) is 23.1 Å². The number of rotatable bonds is 9. The van der Waals surface area contributed by atoms with Crippen molar-refractivity contribution in [2.75, 3.05) is 5.75 Å². The highest BCUT2D eigenvalue weighted by Gasteiger charge is 2.48. The number of benzene rings is 2. The second-order valence-corrected chi connectivity index (χ2v) is 12.6. The maximum atomic E-state index is 13.8. The second kappa shape index (κ2) is 11.1. The fraction of sp³-hybridized carbons (Fsp3) is 0.462. The van der Waals surface area contributed by atoms with E-state index in [-0.39, 0.29) is 5.75 Å². The van der Waals surface area contributed by atoms with Gasteiger partial charge in [0.15, 0.2) is 9.84 Å². The van der Waals surface area contributed by atoms with Crippen LogP contribution in [-0.2, 0) is 24.2 Å². The van der Waals surface area contributed by atoms with Gasteiger partial charge in [-0.3, -0.25) is 9.59 Å². The van der Waals surface area contributed by atoms with Crippen molar-refractivity contribution in [3.8, 4) is 0 Å². The molecule has 1 N–H and O–H groups in total. The summed E-state index contributed by atoms with van der Waals surface area (Å²) in [6.07, 6.45) is -0.0629. The summed E-state index contributed by atoms with van der Waals surface area (Å²) in [6, 6.07) is 12.6. The highest BCUT2D eigenvalue weighted by molar-refractivity contribution is 7.92. The summed E-state index contributed by atoms with van der Waals surface area (Å²) in [5.74, 6) is -1.91. The number of aliphatic carboxylic acids is 1. The molecule has 2 aromatic rings. The fourth-order valence-corrected chi connectivity index (χ4v) is 7.51. The van der Waals surface area contributed by atoms with Gasteiger partial charge in [0.25, 0.3) is 5.91 Å². The maximum Gasteiger partial charge on any atom is 0.306 e. The van der Waals surface area contributed by atoms with Gasteiger partial charge in [-0.15, -0.1) is 0 Å². The van der Waals surface area contributed by atoms with E-state index in [1.165, 1.54) is 0 Å². The number of hydrogen-bond donors (Lipinski definition) is 1. The van der Waals surface area contributed by atoms with Crippen LogP contribution in [0.25, 0.3) is 0 Å². The van der Waals surface area contributed by atoms with Crippen molar-refractivity contribution in [1.29, 1.82) is 0 Å². The van der Waals surface area contributed by atoms with Crippen molar-refractivity contribution in [3.63, 3.8) is 0 Å². The van der Waals surface area contributed by atoms with Crippen LogP contribution in [-0.4, -0.2) is 53.4 Å². The Hall–Kier alpha value is -2.13. The van der Waals surface area contributed by atoms with Gasteiger partial charge < -0.3 is 14.7 Å². The molecule has 2 unspecified atom stereocenters. The van der Waals surface area contributed by atoms with E-state index in [1.807, 2.05) is 6.92 Å². The Morgan fingerprint density at radius 2 is 1.81 bits per heavy atom. The van der Waals surface area contributed by atoms with Crippen molar-refractivity contribution in [3.05, 3.63) is 69.7 Å². The van der Waals surface area contributed by atoms with E-state index in [1.54, 1.807) is 53.4 Å². The van der Waals surface area contributed by atoms with Gasteiger partial charge in [0.2, 0.25) is 0 Å². The lowest BCUT2D eigenvalue weighted by molar-refractivity contribution is -0.182. The first-order chi connectivity index (χ1) is 17.1. The molecule has 1 saturated heterocycles. The summed E-state index contributed by atoms with van der Waals surface area (Å²) in [4.78, 5) is 27.0. The van der Waals surface area contributed by atoms with Crippen LogP contribution in [0.5, 0.6) is 0 Å². The number of halogens is 2. The third-order valence-corrected chi connectivity index (χ3v) is 9.85. The van der Waals surface area contributed by atoms with E-state index in [2.05, 4.69) is 0 Å². The zero-order chi connectivity index (χ0) is 26.0. The molecule has 2 fully saturated rings. The van der Waals surface area contributed by atoms with Crippen LogP contribution in [0.15, 0.2) is 48.5 Å². The SMILES string of the molecule is CC[C@@H](CS(=O)(=O)C1CCC1)N1C(=O)C(CC(=O)O)O[C@H](c2cccc(Cl)c2)C1c1ccc(Cl)cc1. The average Bonchev–Trinajstić information content (AvgIpc) is 2.77. The van der Waals surface area contributed by atoms with Crippen molar-refractivity contribution >= 4 is 44.9 Å². The van der Waals surface area contributed by atoms with Crippen molar-refractivity contribution < 1.29 is 27.9 Å². The van der Waals surface area contributed by atoms with Gasteiger partial charge in [0.05, 0.1) is 23.5 Å². The number of morpholine rings is 1. The van der Waals surface area contributed by atoms with Crippen molar-refractivity contribution in [1.82, 2.24) is 4.90 Å². The molecule has 1 heterocycles. The Morgan fingerprint density at radius 3 is 2.36 bits per heavy atom. The first-order valence-corrected chi connectivity index (χ1v) is 14.5. The van der Waals surface area contributed by atoms with Crippen LogP contribution in [0.2, 0.25) is 10.0 Å². The highest BCUT2D eigenvalue weighted by Crippen LogP contribution is 2.45. The van der Waals surface area contributed by atoms with Gasteiger partial charge >= 0.3 is 5.97 Å². The second-order valence-electron chi connectivity index (χ2n) is 9.38. The average molecular weight is 554 g/mol. The number of carboxylic acid groups (broad SMARTS) is 1. The molecule has 10 heteroatoms. The number of carbonyl (C=O) groups is 2. The zero-order valence-corrected chi connectivity index (χ0v) is 22.2. The van der Waals surface area contributed by atoms with Crippen LogP contribution >= 0.6 is 23.2 Å². The molecule has 4 atom stereocenters. The lowest BCUT2D eigenvalue weighted by Gasteiger charge is -2.48. The highest BCUT2D eigenvalue weighted by atomic mass is 35.5. The minimum Gasteiger partial charge on any atom is -0.481 e. The number of amides is 1. The smallest absolute Gasteiger partial charge is 0.306 e. The van der Waals surface area contributed by atoms with Crippen LogP contribution in [0.3, 0.4) is 0 Å². The monoisotopic (exact) mass is 553 g/mol. The number of ether oxygens (including phenoxy) is 1. The Balaban J connectivity index is 1.83. The number of hydrogen-bond acceptors (Lipinski definition) is 5. The van der Waals surface area contributed by atoms with Crippen LogP contribution in [0.4, 0.5) is 0 Å². The number of carbonyl (C=O) groups excluding carboxylic acids is 1. The lowest BCUT2D eigenvalue weighted by Crippen LogP contribution is -2.57. The number of nitrogens with zero attached hydrogens (tertiary/aromatic N) is 1. The summed E-state index contributed by atoms with van der Waals surface area (Å²) < 4.78 is 32.5. The Kier molecular flexibility index (Phi) is 8.29. The molecule has 7 nitrogen and oxygen atoms in total. The molecule has 4 rings (SSSR count). The predicted molar refractivity (Wildman–Crippen MR) is 138 cm³/mol. The summed E-state index contributed by atoms with van der Waals surface area (Å²) >= 11 is 12.4. The van der Waals surface area contributed by atoms with Gasteiger partial charge in [0, 0.05) is 16.1 Å². The summed E-state index contributed by atoms with van der Waals surface area (Å²) in [5.41, 5.74) is 1.36. The quantitative estimate of drug-likeness (QED) is 0.456. The zero-order valence-electron chi connectivity index (χ0n) is 19.8. The molecule has 0 radical (unpaired) electrons. The maximum absolute atomic E-state index is 13.8. The molecule has 1 aliphatic carbocycles. The first-order valence-electron chi connectivity index (χ1n) is 12.0.